The molecule has 1 N–H and O–H groups in total. The molecule has 1 unspecified atom stereocenters. The van der Waals surface area contributed by atoms with E-state index in [1.807, 2.05) is 0 Å². The summed E-state index contributed by atoms with van der Waals surface area (Å²) in [7, 11) is 0. The van der Waals surface area contributed by atoms with Crippen molar-refractivity contribution in [3.63, 3.8) is 0 Å². The second-order valence-corrected chi connectivity index (χ2v) is 5.08. The van der Waals surface area contributed by atoms with Crippen molar-refractivity contribution >= 4 is 27.8 Å². The lowest BCUT2D eigenvalue weighted by Crippen LogP contribution is -2.40. The number of carboxylic acids is 1. The van der Waals surface area contributed by atoms with E-state index in [9.17, 15) is 14.0 Å². The molecule has 0 saturated heterocycles. The highest BCUT2D eigenvalue weighted by Crippen LogP contribution is 2.19. The van der Waals surface area contributed by atoms with Gasteiger partial charge < -0.3 is 10.0 Å². The Bertz CT molecular complexity index is 493. The Kier molecular flexibility index (Phi) is 5.47. The van der Waals surface area contributed by atoms with Crippen molar-refractivity contribution in [1.82, 2.24) is 4.90 Å². The summed E-state index contributed by atoms with van der Waals surface area (Å²) in [4.78, 5) is 24.3. The monoisotopic (exact) mass is 331 g/mol. The first-order valence-electron chi connectivity index (χ1n) is 5.84. The van der Waals surface area contributed by atoms with Crippen LogP contribution in [0.25, 0.3) is 0 Å². The molecule has 1 rings (SSSR count). The Labute approximate surface area is 119 Å². The third kappa shape index (κ3) is 4.02. The normalized spacial score (nSPS) is 12.0. The molecule has 4 nitrogen and oxygen atoms in total. The molecule has 0 saturated carbocycles. The summed E-state index contributed by atoms with van der Waals surface area (Å²) in [5, 5.41) is 8.76. The number of benzene rings is 1. The van der Waals surface area contributed by atoms with E-state index in [-0.39, 0.29) is 12.0 Å². The van der Waals surface area contributed by atoms with Gasteiger partial charge in [-0.25, -0.2) is 4.39 Å². The molecular formula is C13H15BrFNO3. The summed E-state index contributed by atoms with van der Waals surface area (Å²) in [6.07, 6.45) is -0.171. The van der Waals surface area contributed by atoms with Gasteiger partial charge in [0.25, 0.3) is 5.91 Å². The van der Waals surface area contributed by atoms with Crippen LogP contribution in [-0.4, -0.2) is 34.5 Å². The Morgan fingerprint density at radius 3 is 2.63 bits per heavy atom. The lowest BCUT2D eigenvalue weighted by Gasteiger charge is -2.27. The van der Waals surface area contributed by atoms with Gasteiger partial charge in [0.15, 0.2) is 0 Å². The number of carboxylic acid groups (broad SMARTS) is 1. The van der Waals surface area contributed by atoms with Crippen LogP contribution in [0.1, 0.15) is 30.6 Å². The van der Waals surface area contributed by atoms with Crippen LogP contribution in [0.4, 0.5) is 4.39 Å². The predicted molar refractivity (Wildman–Crippen MR) is 72.5 cm³/mol. The highest BCUT2D eigenvalue weighted by molar-refractivity contribution is 9.10. The van der Waals surface area contributed by atoms with E-state index >= 15 is 0 Å². The third-order valence-corrected chi connectivity index (χ3v) is 3.26. The number of carbonyl (C=O) groups is 2. The number of amides is 1. The average molecular weight is 332 g/mol. The molecule has 19 heavy (non-hydrogen) atoms. The molecule has 0 aromatic heterocycles. The summed E-state index contributed by atoms with van der Waals surface area (Å²) in [6, 6.07) is 3.61. The lowest BCUT2D eigenvalue weighted by molar-refractivity contribution is -0.138. The number of hydrogen-bond acceptors (Lipinski definition) is 2. The zero-order chi connectivity index (χ0) is 14.6. The molecular weight excluding hydrogens is 317 g/mol. The fourth-order valence-electron chi connectivity index (χ4n) is 1.83. The largest absolute Gasteiger partial charge is 0.481 e. The van der Waals surface area contributed by atoms with Crippen LogP contribution in [0.3, 0.4) is 0 Å². The van der Waals surface area contributed by atoms with Crippen molar-refractivity contribution in [3.8, 4) is 0 Å². The maximum absolute atomic E-state index is 13.7. The Balaban J connectivity index is 3.01. The predicted octanol–water partition coefficient (Wildman–Crippen LogP) is 2.91. The van der Waals surface area contributed by atoms with E-state index in [1.54, 1.807) is 13.8 Å². The number of carbonyl (C=O) groups excluding carboxylic acids is 1. The fraction of sp³-hybridized carbons (Fsp3) is 0.385. The number of hydrogen-bond donors (Lipinski definition) is 1. The Hall–Kier alpha value is -1.43. The second kappa shape index (κ2) is 6.65. The number of halogens is 2. The van der Waals surface area contributed by atoms with Crippen molar-refractivity contribution in [2.75, 3.05) is 6.54 Å². The molecule has 0 heterocycles. The van der Waals surface area contributed by atoms with Crippen LogP contribution in [0, 0.1) is 5.82 Å². The molecule has 1 amide bonds. The van der Waals surface area contributed by atoms with Crippen LogP contribution in [0.15, 0.2) is 22.7 Å². The highest BCUT2D eigenvalue weighted by atomic mass is 79.9. The minimum absolute atomic E-state index is 0.0616. The average Bonchev–Trinajstić information content (AvgIpc) is 2.32. The Morgan fingerprint density at radius 1 is 1.47 bits per heavy atom. The van der Waals surface area contributed by atoms with Crippen LogP contribution >= 0.6 is 15.9 Å². The quantitative estimate of drug-likeness (QED) is 0.902. The van der Waals surface area contributed by atoms with Crippen molar-refractivity contribution in [2.24, 2.45) is 0 Å². The van der Waals surface area contributed by atoms with Gasteiger partial charge in [-0.05, 0) is 32.0 Å². The zero-order valence-electron chi connectivity index (χ0n) is 10.7. The number of aliphatic carboxylic acids is 1. The van der Waals surface area contributed by atoms with E-state index in [1.165, 1.54) is 23.1 Å². The maximum Gasteiger partial charge on any atom is 0.305 e. The maximum atomic E-state index is 13.7. The molecule has 0 radical (unpaired) electrons. The molecule has 1 aromatic rings. The topological polar surface area (TPSA) is 57.6 Å². The van der Waals surface area contributed by atoms with Crippen molar-refractivity contribution in [1.29, 1.82) is 0 Å². The molecule has 1 atom stereocenters. The summed E-state index contributed by atoms with van der Waals surface area (Å²) in [5.41, 5.74) is -0.0616. The van der Waals surface area contributed by atoms with Crippen molar-refractivity contribution in [2.45, 2.75) is 26.3 Å². The first-order chi connectivity index (χ1) is 8.86. The summed E-state index contributed by atoms with van der Waals surface area (Å²) in [5.74, 6) is -2.11. The minimum atomic E-state index is -0.992. The minimum Gasteiger partial charge on any atom is -0.481 e. The molecule has 6 heteroatoms. The van der Waals surface area contributed by atoms with Gasteiger partial charge >= 0.3 is 5.97 Å². The van der Waals surface area contributed by atoms with Gasteiger partial charge in [0.05, 0.1) is 12.0 Å². The van der Waals surface area contributed by atoms with E-state index < -0.39 is 23.7 Å². The van der Waals surface area contributed by atoms with E-state index in [2.05, 4.69) is 15.9 Å². The van der Waals surface area contributed by atoms with Gasteiger partial charge in [0, 0.05) is 17.1 Å². The van der Waals surface area contributed by atoms with Gasteiger partial charge in [-0.3, -0.25) is 9.59 Å². The van der Waals surface area contributed by atoms with Crippen molar-refractivity contribution in [3.05, 3.63) is 34.1 Å². The molecule has 104 valence electrons. The van der Waals surface area contributed by atoms with Crippen LogP contribution in [-0.2, 0) is 4.79 Å². The van der Waals surface area contributed by atoms with Gasteiger partial charge in [-0.2, -0.15) is 0 Å². The fourth-order valence-corrected chi connectivity index (χ4v) is 2.20. The lowest BCUT2D eigenvalue weighted by atomic mass is 10.1. The first kappa shape index (κ1) is 15.6. The first-order valence-corrected chi connectivity index (χ1v) is 6.64. The summed E-state index contributed by atoms with van der Waals surface area (Å²) in [6.45, 7) is 3.68. The standard InChI is InChI=1S/C13H15BrFNO3/c1-3-16(8(2)6-12(17)18)13(19)10-7-9(14)4-5-11(10)15/h4-5,7-8H,3,6H2,1-2H3,(H,17,18). The van der Waals surface area contributed by atoms with E-state index in [0.29, 0.717) is 11.0 Å². The molecule has 0 aliphatic carbocycles. The SMILES string of the molecule is CCN(C(=O)c1cc(Br)ccc1F)C(C)CC(=O)O. The summed E-state index contributed by atoms with van der Waals surface area (Å²) < 4.78 is 14.3. The zero-order valence-corrected chi connectivity index (χ0v) is 12.3. The molecule has 0 bridgehead atoms. The third-order valence-electron chi connectivity index (χ3n) is 2.76. The van der Waals surface area contributed by atoms with E-state index in [0.717, 1.165) is 0 Å². The Morgan fingerprint density at radius 2 is 2.11 bits per heavy atom. The molecule has 0 fully saturated rings. The smallest absolute Gasteiger partial charge is 0.305 e. The van der Waals surface area contributed by atoms with Gasteiger partial charge in [-0.1, -0.05) is 15.9 Å². The van der Waals surface area contributed by atoms with E-state index in [4.69, 9.17) is 5.11 Å². The molecule has 0 spiro atoms. The molecule has 0 aliphatic rings. The molecule has 1 aromatic carbocycles. The van der Waals surface area contributed by atoms with Crippen LogP contribution in [0.2, 0.25) is 0 Å². The summed E-state index contributed by atoms with van der Waals surface area (Å²) >= 11 is 3.18. The van der Waals surface area contributed by atoms with Crippen LogP contribution in [0.5, 0.6) is 0 Å². The van der Waals surface area contributed by atoms with Crippen molar-refractivity contribution < 1.29 is 19.1 Å². The second-order valence-electron chi connectivity index (χ2n) is 4.16. The van der Waals surface area contributed by atoms with Gasteiger partial charge in [-0.15, -0.1) is 0 Å². The highest BCUT2D eigenvalue weighted by Gasteiger charge is 2.24. The van der Waals surface area contributed by atoms with Gasteiger partial charge in [0.1, 0.15) is 5.82 Å². The molecule has 0 aliphatic heterocycles. The van der Waals surface area contributed by atoms with Crippen LogP contribution < -0.4 is 0 Å². The number of nitrogens with zero attached hydrogens (tertiary/aromatic N) is 1. The number of rotatable bonds is 5. The van der Waals surface area contributed by atoms with Gasteiger partial charge in [0.2, 0.25) is 0 Å².